The highest BCUT2D eigenvalue weighted by atomic mass is 19.1. The van der Waals surface area contributed by atoms with Crippen LogP contribution in [0.25, 0.3) is 0 Å². The largest absolute Gasteiger partial charge is 0.496 e. The van der Waals surface area contributed by atoms with Gasteiger partial charge in [-0.05, 0) is 31.2 Å². The molecule has 144 valence electrons. The summed E-state index contributed by atoms with van der Waals surface area (Å²) in [7, 11) is 1.58. The van der Waals surface area contributed by atoms with Crippen LogP contribution in [0.5, 0.6) is 5.75 Å². The van der Waals surface area contributed by atoms with E-state index in [0.29, 0.717) is 18.0 Å². The second-order valence-electron chi connectivity index (χ2n) is 5.93. The van der Waals surface area contributed by atoms with Gasteiger partial charge in [-0.1, -0.05) is 24.3 Å². The van der Waals surface area contributed by atoms with Crippen LogP contribution in [-0.2, 0) is 6.54 Å². The molecular weight excluding hydrogens is 366 g/mol. The van der Waals surface area contributed by atoms with Crippen molar-refractivity contribution in [2.45, 2.75) is 13.5 Å². The van der Waals surface area contributed by atoms with Crippen LogP contribution in [0.3, 0.4) is 0 Å². The summed E-state index contributed by atoms with van der Waals surface area (Å²) in [4.78, 5) is 20.8. The van der Waals surface area contributed by atoms with Crippen molar-refractivity contribution in [3.05, 3.63) is 77.1 Å². The number of amides is 1. The van der Waals surface area contributed by atoms with E-state index < -0.39 is 23.2 Å². The first kappa shape index (κ1) is 19.2. The molecule has 0 saturated carbocycles. The summed E-state index contributed by atoms with van der Waals surface area (Å²) in [5, 5.41) is 5.24. The molecule has 0 aliphatic carbocycles. The number of aromatic nitrogens is 2. The fourth-order valence-electron chi connectivity index (χ4n) is 2.58. The molecule has 1 amide bonds. The van der Waals surface area contributed by atoms with Crippen molar-refractivity contribution >= 4 is 17.5 Å². The lowest BCUT2D eigenvalue weighted by Gasteiger charge is -2.11. The highest BCUT2D eigenvalue weighted by Crippen LogP contribution is 2.20. The van der Waals surface area contributed by atoms with E-state index in [9.17, 15) is 13.6 Å². The lowest BCUT2D eigenvalue weighted by molar-refractivity contribution is 0.102. The smallest absolute Gasteiger partial charge is 0.274 e. The number of anilines is 2. The first-order valence-electron chi connectivity index (χ1n) is 8.44. The second kappa shape index (κ2) is 8.43. The van der Waals surface area contributed by atoms with Gasteiger partial charge in [0.05, 0.1) is 7.11 Å². The molecule has 2 aromatic carbocycles. The molecule has 1 heterocycles. The van der Waals surface area contributed by atoms with E-state index in [2.05, 4.69) is 20.6 Å². The van der Waals surface area contributed by atoms with Gasteiger partial charge in [-0.15, -0.1) is 0 Å². The molecule has 28 heavy (non-hydrogen) atoms. The Kier molecular flexibility index (Phi) is 5.78. The summed E-state index contributed by atoms with van der Waals surface area (Å²) in [6.45, 7) is 2.06. The topological polar surface area (TPSA) is 76.1 Å². The fraction of sp³-hybridized carbons (Fsp3) is 0.150. The molecule has 0 aliphatic rings. The predicted octanol–water partition coefficient (Wildman–Crippen LogP) is 3.94. The van der Waals surface area contributed by atoms with Crippen LogP contribution in [0.4, 0.5) is 20.4 Å². The Morgan fingerprint density at radius 1 is 1.07 bits per heavy atom. The number of rotatable bonds is 6. The van der Waals surface area contributed by atoms with Crippen molar-refractivity contribution < 1.29 is 18.3 Å². The van der Waals surface area contributed by atoms with E-state index in [1.165, 1.54) is 12.1 Å². The monoisotopic (exact) mass is 384 g/mol. The summed E-state index contributed by atoms with van der Waals surface area (Å²) < 4.78 is 32.8. The van der Waals surface area contributed by atoms with Crippen LogP contribution in [0.15, 0.2) is 48.5 Å². The average molecular weight is 384 g/mol. The first-order valence-corrected chi connectivity index (χ1v) is 8.44. The number of hydrogen-bond donors (Lipinski definition) is 2. The molecule has 6 nitrogen and oxygen atoms in total. The standard InChI is InChI=1S/C20H18F2N4O2/c1-12-10-16(19(27)26-18-14(21)7-5-8-15(18)22)25-20(24-12)23-11-13-6-3-4-9-17(13)28-2/h3-10H,11H2,1-2H3,(H,26,27)(H,23,24,25). The normalized spacial score (nSPS) is 10.4. The zero-order valence-electron chi connectivity index (χ0n) is 15.3. The molecule has 0 bridgehead atoms. The molecule has 3 aromatic rings. The van der Waals surface area contributed by atoms with Crippen LogP contribution < -0.4 is 15.4 Å². The van der Waals surface area contributed by atoms with Crippen molar-refractivity contribution in [3.8, 4) is 5.75 Å². The Morgan fingerprint density at radius 2 is 1.79 bits per heavy atom. The number of nitrogens with zero attached hydrogens (tertiary/aromatic N) is 2. The molecule has 1 aromatic heterocycles. The van der Waals surface area contributed by atoms with Gasteiger partial charge in [0.25, 0.3) is 5.91 Å². The molecule has 8 heteroatoms. The number of carbonyl (C=O) groups excluding carboxylic acids is 1. The van der Waals surface area contributed by atoms with Gasteiger partial charge in [-0.25, -0.2) is 18.7 Å². The maximum Gasteiger partial charge on any atom is 0.274 e. The summed E-state index contributed by atoms with van der Waals surface area (Å²) in [6.07, 6.45) is 0. The van der Waals surface area contributed by atoms with E-state index in [0.717, 1.165) is 17.7 Å². The zero-order valence-corrected chi connectivity index (χ0v) is 15.3. The minimum absolute atomic E-state index is 0.0160. The quantitative estimate of drug-likeness (QED) is 0.673. The van der Waals surface area contributed by atoms with Gasteiger partial charge in [-0.3, -0.25) is 4.79 Å². The molecule has 0 atom stereocenters. The highest BCUT2D eigenvalue weighted by molar-refractivity contribution is 6.03. The second-order valence-corrected chi connectivity index (χ2v) is 5.93. The number of nitrogens with one attached hydrogen (secondary N) is 2. The lowest BCUT2D eigenvalue weighted by Crippen LogP contribution is -2.17. The highest BCUT2D eigenvalue weighted by Gasteiger charge is 2.16. The number of halogens is 2. The third kappa shape index (κ3) is 4.40. The van der Waals surface area contributed by atoms with Gasteiger partial charge in [0.15, 0.2) is 0 Å². The summed E-state index contributed by atoms with van der Waals surface area (Å²) in [6, 6.07) is 12.2. The minimum atomic E-state index is -0.867. The van der Waals surface area contributed by atoms with Crippen LogP contribution in [-0.4, -0.2) is 23.0 Å². The van der Waals surface area contributed by atoms with Gasteiger partial charge in [0.1, 0.15) is 28.8 Å². The number of aryl methyl sites for hydroxylation is 1. The maximum atomic E-state index is 13.8. The number of carbonyl (C=O) groups is 1. The van der Waals surface area contributed by atoms with Gasteiger partial charge in [-0.2, -0.15) is 0 Å². The van der Waals surface area contributed by atoms with Crippen molar-refractivity contribution in [1.29, 1.82) is 0 Å². The molecule has 0 fully saturated rings. The van der Waals surface area contributed by atoms with E-state index in [4.69, 9.17) is 4.74 Å². The first-order chi connectivity index (χ1) is 13.5. The number of ether oxygens (including phenoxy) is 1. The number of methoxy groups -OCH3 is 1. The Morgan fingerprint density at radius 3 is 2.50 bits per heavy atom. The Hall–Kier alpha value is -3.55. The molecule has 3 rings (SSSR count). The SMILES string of the molecule is COc1ccccc1CNc1nc(C)cc(C(=O)Nc2c(F)cccc2F)n1. The zero-order chi connectivity index (χ0) is 20.1. The van der Waals surface area contributed by atoms with Crippen molar-refractivity contribution in [1.82, 2.24) is 9.97 Å². The van der Waals surface area contributed by atoms with Gasteiger partial charge in [0, 0.05) is 17.8 Å². The molecule has 0 spiro atoms. The third-order valence-electron chi connectivity index (χ3n) is 3.92. The van der Waals surface area contributed by atoms with Crippen molar-refractivity contribution in [2.75, 3.05) is 17.7 Å². The summed E-state index contributed by atoms with van der Waals surface area (Å²) in [5.74, 6) is -1.56. The molecular formula is C20H18F2N4O2. The van der Waals surface area contributed by atoms with E-state index in [1.807, 2.05) is 24.3 Å². The predicted molar refractivity (Wildman–Crippen MR) is 101 cm³/mol. The molecule has 0 saturated heterocycles. The third-order valence-corrected chi connectivity index (χ3v) is 3.92. The minimum Gasteiger partial charge on any atom is -0.496 e. The van der Waals surface area contributed by atoms with Gasteiger partial charge >= 0.3 is 0 Å². The van der Waals surface area contributed by atoms with Crippen LogP contribution in [0.2, 0.25) is 0 Å². The Balaban J connectivity index is 1.78. The number of benzene rings is 2. The van der Waals surface area contributed by atoms with E-state index in [-0.39, 0.29) is 11.6 Å². The molecule has 0 unspecified atom stereocenters. The number of hydrogen-bond acceptors (Lipinski definition) is 5. The summed E-state index contributed by atoms with van der Waals surface area (Å²) in [5.41, 5.74) is 0.871. The fourth-order valence-corrected chi connectivity index (χ4v) is 2.58. The number of para-hydroxylation sites is 2. The lowest BCUT2D eigenvalue weighted by atomic mass is 10.2. The van der Waals surface area contributed by atoms with Crippen molar-refractivity contribution in [2.24, 2.45) is 0 Å². The molecule has 0 aliphatic heterocycles. The average Bonchev–Trinajstić information content (AvgIpc) is 2.69. The van der Waals surface area contributed by atoms with Gasteiger partial charge in [0.2, 0.25) is 5.95 Å². The van der Waals surface area contributed by atoms with E-state index in [1.54, 1.807) is 14.0 Å². The maximum absolute atomic E-state index is 13.8. The van der Waals surface area contributed by atoms with Crippen LogP contribution in [0.1, 0.15) is 21.7 Å². The Bertz CT molecular complexity index is 991. The van der Waals surface area contributed by atoms with E-state index >= 15 is 0 Å². The Labute approximate surface area is 160 Å². The molecule has 2 N–H and O–H groups in total. The van der Waals surface area contributed by atoms with Gasteiger partial charge < -0.3 is 15.4 Å². The van der Waals surface area contributed by atoms with Crippen LogP contribution in [0, 0.1) is 18.6 Å². The molecule has 0 radical (unpaired) electrons. The summed E-state index contributed by atoms with van der Waals surface area (Å²) >= 11 is 0. The van der Waals surface area contributed by atoms with Crippen molar-refractivity contribution in [3.63, 3.8) is 0 Å². The van der Waals surface area contributed by atoms with Crippen LogP contribution >= 0.6 is 0 Å².